The molecule has 0 atom stereocenters. The van der Waals surface area contributed by atoms with Gasteiger partial charge in [0.25, 0.3) is 0 Å². The Balaban J connectivity index is 2.34. The van der Waals surface area contributed by atoms with Crippen molar-refractivity contribution in [1.29, 1.82) is 0 Å². The first kappa shape index (κ1) is 18.6. The van der Waals surface area contributed by atoms with Gasteiger partial charge in [-0.05, 0) is 28.1 Å². The second-order valence-electron chi connectivity index (χ2n) is 5.97. The molecule has 0 aliphatic rings. The van der Waals surface area contributed by atoms with Gasteiger partial charge in [-0.3, -0.25) is 5.43 Å². The van der Waals surface area contributed by atoms with Crippen molar-refractivity contribution < 1.29 is 4.74 Å². The lowest BCUT2D eigenvalue weighted by atomic mass is 9.92. The fraction of sp³-hybridized carbons (Fsp3) is 0.333. The Morgan fingerprint density at radius 2 is 2.04 bits per heavy atom. The van der Waals surface area contributed by atoms with Gasteiger partial charge in [0.1, 0.15) is 11.4 Å². The second kappa shape index (κ2) is 7.43. The number of ether oxygens (including phenoxy) is 1. The van der Waals surface area contributed by atoms with E-state index in [0.29, 0.717) is 17.3 Å². The molecule has 7 nitrogen and oxygen atoms in total. The van der Waals surface area contributed by atoms with Crippen molar-refractivity contribution in [2.45, 2.75) is 26.2 Å². The summed E-state index contributed by atoms with van der Waals surface area (Å²) in [5, 5.41) is 10.6. The zero-order valence-corrected chi connectivity index (χ0v) is 16.8. The highest BCUT2D eigenvalue weighted by atomic mass is 79.9. The lowest BCUT2D eigenvalue weighted by Gasteiger charge is -2.18. The maximum atomic E-state index is 11.4. The highest BCUT2D eigenvalue weighted by Crippen LogP contribution is 2.31. The predicted molar refractivity (Wildman–Crippen MR) is 101 cm³/mol. The second-order valence-corrected chi connectivity index (χ2v) is 7.74. The number of methoxy groups -OCH3 is 1. The molecule has 9 heteroatoms. The van der Waals surface area contributed by atoms with Crippen molar-refractivity contribution in [3.8, 4) is 5.75 Å². The van der Waals surface area contributed by atoms with E-state index >= 15 is 0 Å². The Hall–Kier alpha value is -1.74. The molecule has 0 saturated heterocycles. The van der Waals surface area contributed by atoms with Gasteiger partial charge in [0.05, 0.1) is 17.8 Å². The molecule has 0 aliphatic carbocycles. The molecule has 0 fully saturated rings. The summed E-state index contributed by atoms with van der Waals surface area (Å²) >= 11 is 6.86. The fourth-order valence-electron chi connectivity index (χ4n) is 1.99. The zero-order chi connectivity index (χ0) is 17.9. The third kappa shape index (κ3) is 4.41. The minimum Gasteiger partial charge on any atom is -0.495 e. The topological polar surface area (TPSA) is 92.3 Å². The lowest BCUT2D eigenvalue weighted by Crippen LogP contribution is -2.24. The van der Waals surface area contributed by atoms with Crippen molar-refractivity contribution in [2.24, 2.45) is 5.10 Å². The summed E-state index contributed by atoms with van der Waals surface area (Å²) in [6.07, 6.45) is 1.59. The van der Waals surface area contributed by atoms with Crippen molar-refractivity contribution in [2.75, 3.05) is 12.5 Å². The summed E-state index contributed by atoms with van der Waals surface area (Å²) in [5.74, 6) is 0.965. The molecule has 0 radical (unpaired) electrons. The number of hydrogen-bond acceptors (Lipinski definition) is 6. The molecule has 0 saturated carbocycles. The van der Waals surface area contributed by atoms with E-state index in [9.17, 15) is 4.79 Å². The minimum absolute atomic E-state index is 0.300. The van der Waals surface area contributed by atoms with Gasteiger partial charge in [-0.2, -0.15) is 15.2 Å². The number of hydrogen-bond donors (Lipinski definition) is 2. The number of aromatic nitrogens is 3. The van der Waals surface area contributed by atoms with E-state index < -0.39 is 5.69 Å². The van der Waals surface area contributed by atoms with Crippen LogP contribution in [0.4, 0.5) is 5.82 Å². The number of aromatic amines is 1. The number of nitrogens with one attached hydrogen (secondary N) is 2. The molecule has 0 unspecified atom stereocenters. The minimum atomic E-state index is -0.538. The van der Waals surface area contributed by atoms with Gasteiger partial charge in [-0.1, -0.05) is 36.7 Å². The molecule has 0 bridgehead atoms. The van der Waals surface area contributed by atoms with Gasteiger partial charge in [0.2, 0.25) is 0 Å². The smallest absolute Gasteiger partial charge is 0.363 e. The molecule has 2 rings (SSSR count). The van der Waals surface area contributed by atoms with Crippen LogP contribution in [0.2, 0.25) is 0 Å². The number of halogens is 2. The van der Waals surface area contributed by atoms with Gasteiger partial charge >= 0.3 is 5.69 Å². The summed E-state index contributed by atoms with van der Waals surface area (Å²) < 4.78 is 7.04. The number of H-pyrrole nitrogens is 1. The number of benzene rings is 1. The zero-order valence-electron chi connectivity index (χ0n) is 13.6. The summed E-state index contributed by atoms with van der Waals surface area (Å²) in [5.41, 5.74) is 3.31. The normalized spacial score (nSPS) is 11.8. The largest absolute Gasteiger partial charge is 0.495 e. The van der Waals surface area contributed by atoms with Crippen LogP contribution >= 0.6 is 31.9 Å². The van der Waals surface area contributed by atoms with E-state index in [1.165, 1.54) is 0 Å². The average Bonchev–Trinajstić information content (AvgIpc) is 2.45. The molecule has 2 aromatic rings. The Kier molecular flexibility index (Phi) is 5.76. The third-order valence-electron chi connectivity index (χ3n) is 3.03. The number of anilines is 1. The Morgan fingerprint density at radius 3 is 2.67 bits per heavy atom. The summed E-state index contributed by atoms with van der Waals surface area (Å²) in [6, 6.07) is 3.74. The summed E-state index contributed by atoms with van der Waals surface area (Å²) in [6.45, 7) is 5.91. The quantitative estimate of drug-likeness (QED) is 0.540. The molecule has 24 heavy (non-hydrogen) atoms. The number of hydrazone groups is 1. The van der Waals surface area contributed by atoms with Gasteiger partial charge in [0.15, 0.2) is 5.82 Å². The van der Waals surface area contributed by atoms with Crippen LogP contribution in [-0.2, 0) is 5.41 Å². The van der Waals surface area contributed by atoms with Crippen LogP contribution in [0.5, 0.6) is 5.75 Å². The maximum Gasteiger partial charge on any atom is 0.363 e. The molecule has 0 amide bonds. The van der Waals surface area contributed by atoms with Gasteiger partial charge in [0, 0.05) is 15.5 Å². The molecular weight excluding hydrogens is 442 g/mol. The summed E-state index contributed by atoms with van der Waals surface area (Å²) in [4.78, 5) is 15.3. The number of rotatable bonds is 4. The van der Waals surface area contributed by atoms with Crippen LogP contribution in [0.15, 0.2) is 31.0 Å². The Morgan fingerprint density at radius 1 is 1.33 bits per heavy atom. The van der Waals surface area contributed by atoms with Crippen molar-refractivity contribution in [1.82, 2.24) is 15.2 Å². The van der Waals surface area contributed by atoms with E-state index in [4.69, 9.17) is 4.74 Å². The monoisotopic (exact) mass is 457 g/mol. The first-order valence-electron chi connectivity index (χ1n) is 7.01. The molecule has 1 aromatic carbocycles. The lowest BCUT2D eigenvalue weighted by molar-refractivity contribution is 0.411. The van der Waals surface area contributed by atoms with E-state index in [-0.39, 0.29) is 5.41 Å². The first-order valence-corrected chi connectivity index (χ1v) is 8.60. The molecule has 0 aliphatic heterocycles. The average molecular weight is 459 g/mol. The molecule has 1 heterocycles. The Bertz CT molecular complexity index is 828. The number of nitrogens with zero attached hydrogens (tertiary/aromatic N) is 3. The van der Waals surface area contributed by atoms with Crippen molar-refractivity contribution in [3.05, 3.63) is 42.8 Å². The van der Waals surface area contributed by atoms with E-state index in [1.807, 2.05) is 32.9 Å². The van der Waals surface area contributed by atoms with Gasteiger partial charge in [-0.15, -0.1) is 0 Å². The molecule has 1 aromatic heterocycles. The Labute approximate surface area is 156 Å². The highest BCUT2D eigenvalue weighted by molar-refractivity contribution is 9.11. The van der Waals surface area contributed by atoms with Crippen LogP contribution in [0, 0.1) is 0 Å². The SMILES string of the molecule is COc1c(Br)cc(Br)cc1/C=N/Nc1nc(=O)[nH]nc1C(C)(C)C. The van der Waals surface area contributed by atoms with Gasteiger partial charge < -0.3 is 4.74 Å². The molecule has 0 spiro atoms. The van der Waals surface area contributed by atoms with Crippen LogP contribution < -0.4 is 15.9 Å². The van der Waals surface area contributed by atoms with Gasteiger partial charge in [-0.25, -0.2) is 9.89 Å². The van der Waals surface area contributed by atoms with Crippen molar-refractivity contribution in [3.63, 3.8) is 0 Å². The predicted octanol–water partition coefficient (Wildman–Crippen LogP) is 3.44. The maximum absolute atomic E-state index is 11.4. The molecule has 128 valence electrons. The van der Waals surface area contributed by atoms with Crippen LogP contribution in [-0.4, -0.2) is 28.5 Å². The highest BCUT2D eigenvalue weighted by Gasteiger charge is 2.21. The third-order valence-corrected chi connectivity index (χ3v) is 4.07. The van der Waals surface area contributed by atoms with Crippen molar-refractivity contribution >= 4 is 43.9 Å². The van der Waals surface area contributed by atoms with E-state index in [1.54, 1.807) is 13.3 Å². The van der Waals surface area contributed by atoms with Crippen LogP contribution in [0.25, 0.3) is 0 Å². The standard InChI is InChI=1S/C15H17Br2N5O2/c1-15(2,3)12-13(19-14(23)22-20-12)21-18-7-8-5-9(16)6-10(17)11(8)24-4/h5-7H,1-4H3,(H2,19,21,22,23)/b18-7+. The molecular formula is C15H17Br2N5O2. The fourth-order valence-corrected chi connectivity index (χ4v) is 3.41. The van der Waals surface area contributed by atoms with E-state index in [2.05, 4.69) is 57.6 Å². The molecule has 2 N–H and O–H groups in total. The van der Waals surface area contributed by atoms with Crippen LogP contribution in [0.1, 0.15) is 32.0 Å². The van der Waals surface area contributed by atoms with E-state index in [0.717, 1.165) is 14.5 Å². The summed E-state index contributed by atoms with van der Waals surface area (Å²) in [7, 11) is 1.58. The first-order chi connectivity index (χ1) is 11.2. The van der Waals surface area contributed by atoms with Crippen LogP contribution in [0.3, 0.4) is 0 Å².